The summed E-state index contributed by atoms with van der Waals surface area (Å²) in [6, 6.07) is 8.03. The van der Waals surface area contributed by atoms with Crippen LogP contribution >= 0.6 is 0 Å². The predicted octanol–water partition coefficient (Wildman–Crippen LogP) is 1.29. The molecule has 0 aliphatic rings. The maximum atomic E-state index is 13.4. The first kappa shape index (κ1) is 25.0. The van der Waals surface area contributed by atoms with Crippen molar-refractivity contribution in [3.05, 3.63) is 65.2 Å². The average Bonchev–Trinajstić information content (AvgIpc) is 2.75. The highest BCUT2D eigenvalue weighted by Gasteiger charge is 2.22. The molecule has 2 atom stereocenters. The van der Waals surface area contributed by atoms with Crippen LogP contribution in [0.2, 0.25) is 0 Å². The van der Waals surface area contributed by atoms with Gasteiger partial charge in [0, 0.05) is 12.3 Å². The summed E-state index contributed by atoms with van der Waals surface area (Å²) in [6.45, 7) is -1.07. The number of benzene rings is 2. The van der Waals surface area contributed by atoms with Crippen LogP contribution in [0.25, 0.3) is 6.08 Å². The van der Waals surface area contributed by atoms with Crippen molar-refractivity contribution in [1.82, 2.24) is 10.8 Å². The summed E-state index contributed by atoms with van der Waals surface area (Å²) in [5.74, 6) is -1.69. The molecule has 4 N–H and O–H groups in total. The fourth-order valence-corrected chi connectivity index (χ4v) is 3.37. The zero-order chi connectivity index (χ0) is 23.9. The Morgan fingerprint density at radius 1 is 1.19 bits per heavy atom. The summed E-state index contributed by atoms with van der Waals surface area (Å²) in [5, 5.41) is 22.6. The van der Waals surface area contributed by atoms with Crippen molar-refractivity contribution in [2.45, 2.75) is 17.0 Å². The molecule has 0 spiro atoms. The smallest absolute Gasteiger partial charge is 0.278 e. The van der Waals surface area contributed by atoms with E-state index in [0.717, 1.165) is 12.3 Å². The summed E-state index contributed by atoms with van der Waals surface area (Å²) in [5.41, 5.74) is 2.66. The second-order valence-corrected chi connectivity index (χ2v) is 8.82. The van der Waals surface area contributed by atoms with E-state index in [-0.39, 0.29) is 21.8 Å². The molecule has 0 bridgehead atoms. The number of nitrogens with one attached hydrogen (secondary N) is 2. The molecule has 0 radical (unpaired) electrons. The standard InChI is InChI=1S/C21H23FN2O7S/c1-31-24-21(28)16-9-3-13(11-18(16)25)4-10-19(26)23-17(12-22)20(27)14-5-7-15(8-6-14)32(2,29)30/h3-11,17,20,25,27H,12H2,1-2H3,(H,23,26)(H,24,28)/b10-4+/t17-,20-/m1/s1. The van der Waals surface area contributed by atoms with Crippen LogP contribution in [-0.2, 0) is 19.5 Å². The van der Waals surface area contributed by atoms with Crippen molar-refractivity contribution in [1.29, 1.82) is 0 Å². The maximum absolute atomic E-state index is 13.4. The highest BCUT2D eigenvalue weighted by atomic mass is 32.2. The number of amides is 2. The van der Waals surface area contributed by atoms with E-state index in [1.54, 1.807) is 0 Å². The first-order valence-corrected chi connectivity index (χ1v) is 11.1. The van der Waals surface area contributed by atoms with Crippen molar-refractivity contribution < 1.29 is 37.4 Å². The fraction of sp³-hybridized carbons (Fsp3) is 0.238. The number of hydrogen-bond donors (Lipinski definition) is 4. The number of hydroxylamine groups is 1. The molecule has 2 aromatic carbocycles. The normalized spacial score (nSPS) is 13.5. The molecule has 2 rings (SSSR count). The third-order valence-electron chi connectivity index (χ3n) is 4.41. The minimum absolute atomic E-state index is 0.0315. The van der Waals surface area contributed by atoms with Gasteiger partial charge in [-0.05, 0) is 41.5 Å². The van der Waals surface area contributed by atoms with Crippen LogP contribution in [0, 0.1) is 0 Å². The lowest BCUT2D eigenvalue weighted by Crippen LogP contribution is -2.40. The van der Waals surface area contributed by atoms with Crippen molar-refractivity contribution in [3.8, 4) is 5.75 Å². The molecule has 0 aromatic heterocycles. The molecular weight excluding hydrogens is 443 g/mol. The summed E-state index contributed by atoms with van der Waals surface area (Å²) in [4.78, 5) is 28.4. The van der Waals surface area contributed by atoms with Crippen LogP contribution in [0.5, 0.6) is 5.75 Å². The number of hydrogen-bond acceptors (Lipinski definition) is 7. The molecule has 9 nitrogen and oxygen atoms in total. The molecule has 0 heterocycles. The van der Waals surface area contributed by atoms with Crippen molar-refractivity contribution in [2.24, 2.45) is 0 Å². The average molecular weight is 466 g/mol. The largest absolute Gasteiger partial charge is 0.507 e. The molecule has 11 heteroatoms. The van der Waals surface area contributed by atoms with E-state index >= 15 is 0 Å². The number of rotatable bonds is 9. The van der Waals surface area contributed by atoms with E-state index in [9.17, 15) is 32.6 Å². The lowest BCUT2D eigenvalue weighted by atomic mass is 10.0. The number of sulfone groups is 1. The number of phenolic OH excluding ortho intramolecular Hbond substituents is 1. The number of aliphatic hydroxyl groups excluding tert-OH is 1. The summed E-state index contributed by atoms with van der Waals surface area (Å²) in [7, 11) is -2.17. The SMILES string of the molecule is CONC(=O)c1ccc(/C=C/C(=O)N[C@H](CF)[C@H](O)c2ccc(S(C)(=O)=O)cc2)cc1O. The second kappa shape index (κ2) is 10.8. The molecule has 172 valence electrons. The van der Waals surface area contributed by atoms with Crippen molar-refractivity contribution in [2.75, 3.05) is 20.0 Å². The number of carbonyl (C=O) groups excluding carboxylic acids is 2. The highest BCUT2D eigenvalue weighted by Crippen LogP contribution is 2.21. The Hall–Kier alpha value is -3.28. The number of phenols is 1. The minimum atomic E-state index is -3.42. The third kappa shape index (κ3) is 6.61. The molecule has 0 aliphatic carbocycles. The zero-order valence-corrected chi connectivity index (χ0v) is 18.1. The van der Waals surface area contributed by atoms with Crippen LogP contribution < -0.4 is 10.8 Å². The number of alkyl halides is 1. The molecule has 2 amide bonds. The van der Waals surface area contributed by atoms with Gasteiger partial charge in [-0.1, -0.05) is 18.2 Å². The van der Waals surface area contributed by atoms with Gasteiger partial charge in [0.05, 0.1) is 23.6 Å². The number of carbonyl (C=O) groups is 2. The maximum Gasteiger partial charge on any atom is 0.278 e. The Bertz CT molecular complexity index is 1100. The Labute approximate surface area is 184 Å². The number of aliphatic hydroxyl groups is 1. The van der Waals surface area contributed by atoms with Gasteiger partial charge in [0.25, 0.3) is 5.91 Å². The monoisotopic (exact) mass is 466 g/mol. The van der Waals surface area contributed by atoms with Gasteiger partial charge >= 0.3 is 0 Å². The van der Waals surface area contributed by atoms with Crippen LogP contribution in [0.15, 0.2) is 53.4 Å². The predicted molar refractivity (Wildman–Crippen MR) is 114 cm³/mol. The molecule has 0 saturated carbocycles. The van der Waals surface area contributed by atoms with Crippen LogP contribution in [0.1, 0.15) is 27.6 Å². The van der Waals surface area contributed by atoms with E-state index in [2.05, 4.69) is 15.6 Å². The summed E-state index contributed by atoms with van der Waals surface area (Å²) >= 11 is 0. The first-order valence-electron chi connectivity index (χ1n) is 9.25. The topological polar surface area (TPSA) is 142 Å². The molecule has 32 heavy (non-hydrogen) atoms. The summed E-state index contributed by atoms with van der Waals surface area (Å²) in [6.07, 6.45) is 2.03. The van der Waals surface area contributed by atoms with Crippen molar-refractivity contribution in [3.63, 3.8) is 0 Å². The minimum Gasteiger partial charge on any atom is -0.507 e. The summed E-state index contributed by atoms with van der Waals surface area (Å²) < 4.78 is 36.5. The van der Waals surface area contributed by atoms with E-state index < -0.39 is 40.5 Å². The Kier molecular flexibility index (Phi) is 8.47. The molecular formula is C21H23FN2O7S. The second-order valence-electron chi connectivity index (χ2n) is 6.80. The number of aromatic hydroxyl groups is 1. The zero-order valence-electron chi connectivity index (χ0n) is 17.3. The van der Waals surface area contributed by atoms with Gasteiger partial charge in [-0.2, -0.15) is 0 Å². The number of halogens is 1. The van der Waals surface area contributed by atoms with E-state index in [0.29, 0.717) is 5.56 Å². The quantitative estimate of drug-likeness (QED) is 0.322. The Balaban J connectivity index is 2.06. The lowest BCUT2D eigenvalue weighted by molar-refractivity contribution is -0.118. The molecule has 0 fully saturated rings. The van der Waals surface area contributed by atoms with Gasteiger partial charge in [-0.15, -0.1) is 0 Å². The van der Waals surface area contributed by atoms with Gasteiger partial charge in [0.2, 0.25) is 5.91 Å². The van der Waals surface area contributed by atoms with E-state index in [1.165, 1.54) is 55.7 Å². The molecule has 0 saturated heterocycles. The van der Waals surface area contributed by atoms with Gasteiger partial charge < -0.3 is 15.5 Å². The Morgan fingerprint density at radius 3 is 2.38 bits per heavy atom. The van der Waals surface area contributed by atoms with E-state index in [1.807, 2.05) is 0 Å². The fourth-order valence-electron chi connectivity index (χ4n) is 2.74. The highest BCUT2D eigenvalue weighted by molar-refractivity contribution is 7.90. The Morgan fingerprint density at radius 2 is 1.84 bits per heavy atom. The molecule has 2 aromatic rings. The van der Waals surface area contributed by atoms with Gasteiger partial charge in [-0.25, -0.2) is 18.3 Å². The van der Waals surface area contributed by atoms with Gasteiger partial charge in [0.15, 0.2) is 9.84 Å². The third-order valence-corrected chi connectivity index (χ3v) is 5.54. The molecule has 0 unspecified atom stereocenters. The van der Waals surface area contributed by atoms with Crippen LogP contribution in [0.3, 0.4) is 0 Å². The van der Waals surface area contributed by atoms with Crippen LogP contribution in [-0.4, -0.2) is 56.5 Å². The lowest BCUT2D eigenvalue weighted by Gasteiger charge is -2.21. The van der Waals surface area contributed by atoms with Crippen LogP contribution in [0.4, 0.5) is 4.39 Å². The van der Waals surface area contributed by atoms with Gasteiger partial charge in [0.1, 0.15) is 18.5 Å². The van der Waals surface area contributed by atoms with Gasteiger partial charge in [-0.3, -0.25) is 14.4 Å². The van der Waals surface area contributed by atoms with Crippen molar-refractivity contribution >= 4 is 27.7 Å². The molecule has 0 aliphatic heterocycles. The first-order chi connectivity index (χ1) is 15.1. The van der Waals surface area contributed by atoms with E-state index in [4.69, 9.17) is 0 Å².